The van der Waals surface area contributed by atoms with Gasteiger partial charge in [0.2, 0.25) is 0 Å². The Bertz CT molecular complexity index is 1050. The number of rotatable bonds is 7. The van der Waals surface area contributed by atoms with E-state index in [0.29, 0.717) is 11.6 Å². The fraction of sp³-hybridized carbons (Fsp3) is 0.250. The van der Waals surface area contributed by atoms with Crippen LogP contribution in [0.2, 0.25) is 5.02 Å². The van der Waals surface area contributed by atoms with Crippen LogP contribution in [0, 0.1) is 5.41 Å². The van der Waals surface area contributed by atoms with Gasteiger partial charge in [0.05, 0.1) is 25.0 Å². The van der Waals surface area contributed by atoms with E-state index in [0.717, 1.165) is 28.3 Å². The summed E-state index contributed by atoms with van der Waals surface area (Å²) in [6.45, 7) is 5.93. The number of benzene rings is 2. The van der Waals surface area contributed by atoms with Gasteiger partial charge in [0.15, 0.2) is 0 Å². The summed E-state index contributed by atoms with van der Waals surface area (Å²) in [4.78, 5) is 11.8. The number of Topliss-reactive ketones (excluding diaryl/α,β-unsaturated/α-hetero) is 1. The first-order valence-corrected chi connectivity index (χ1v) is 9.84. The molecule has 0 amide bonds. The minimum Gasteiger partial charge on any atom is -0.497 e. The number of nitrogens with zero attached hydrogens (tertiary/aromatic N) is 2. The molecule has 0 atom stereocenters. The van der Waals surface area contributed by atoms with Crippen LogP contribution in [0.15, 0.2) is 60.7 Å². The number of allylic oxidation sites excluding steroid dienone is 1. The first-order valence-electron chi connectivity index (χ1n) is 9.46. The number of methoxy groups -OCH3 is 1. The number of carbonyl (C=O) groups is 1. The number of hydrogen-bond donors (Lipinski definition) is 0. The van der Waals surface area contributed by atoms with Crippen molar-refractivity contribution in [3.8, 4) is 17.0 Å². The molecule has 0 fully saturated rings. The standard InChI is InChI=1S/C24H25ClN2O2/c1-17(28)24(2,3)13-12-20-15-23(18-9-7-10-21(14-18)29-4)27(26-20)16-19-8-5-6-11-22(19)25/h5-15H,16H2,1-4H3/b13-12+. The Kier molecular flexibility index (Phi) is 6.23. The van der Waals surface area contributed by atoms with Crippen LogP contribution in [0.4, 0.5) is 0 Å². The van der Waals surface area contributed by atoms with Crippen LogP contribution >= 0.6 is 11.6 Å². The van der Waals surface area contributed by atoms with Crippen molar-refractivity contribution in [3.63, 3.8) is 0 Å². The molecule has 0 aliphatic carbocycles. The lowest BCUT2D eigenvalue weighted by atomic mass is 9.88. The smallest absolute Gasteiger partial charge is 0.139 e. The molecule has 0 N–H and O–H groups in total. The van der Waals surface area contributed by atoms with E-state index in [4.69, 9.17) is 21.4 Å². The second-order valence-electron chi connectivity index (χ2n) is 7.55. The van der Waals surface area contributed by atoms with Crippen molar-refractivity contribution >= 4 is 23.5 Å². The highest BCUT2D eigenvalue weighted by atomic mass is 35.5. The molecule has 0 spiro atoms. The Labute approximate surface area is 176 Å². The van der Waals surface area contributed by atoms with E-state index in [9.17, 15) is 4.79 Å². The molecule has 29 heavy (non-hydrogen) atoms. The molecule has 0 saturated carbocycles. The third-order valence-electron chi connectivity index (χ3n) is 5.02. The van der Waals surface area contributed by atoms with E-state index in [-0.39, 0.29) is 5.78 Å². The predicted octanol–water partition coefficient (Wildman–Crippen LogP) is 5.89. The minimum atomic E-state index is -0.539. The molecule has 0 bridgehead atoms. The average Bonchev–Trinajstić information content (AvgIpc) is 3.11. The van der Waals surface area contributed by atoms with Gasteiger partial charge in [-0.2, -0.15) is 5.10 Å². The third-order valence-corrected chi connectivity index (χ3v) is 5.39. The zero-order valence-corrected chi connectivity index (χ0v) is 17.9. The van der Waals surface area contributed by atoms with E-state index >= 15 is 0 Å². The molecule has 3 aromatic rings. The Morgan fingerprint density at radius 1 is 1.17 bits per heavy atom. The summed E-state index contributed by atoms with van der Waals surface area (Å²) in [6.07, 6.45) is 3.79. The average molecular weight is 409 g/mol. The van der Waals surface area contributed by atoms with Crippen LogP contribution in [0.5, 0.6) is 5.75 Å². The van der Waals surface area contributed by atoms with Gasteiger partial charge in [-0.05, 0) is 56.7 Å². The number of aromatic nitrogens is 2. The maximum Gasteiger partial charge on any atom is 0.139 e. The number of carbonyl (C=O) groups excluding carboxylic acids is 1. The van der Waals surface area contributed by atoms with Crippen molar-refractivity contribution in [1.82, 2.24) is 9.78 Å². The highest BCUT2D eigenvalue weighted by Gasteiger charge is 2.20. The fourth-order valence-corrected chi connectivity index (χ4v) is 3.05. The second kappa shape index (κ2) is 8.66. The van der Waals surface area contributed by atoms with Crippen LogP contribution in [0.3, 0.4) is 0 Å². The number of halogens is 1. The molecular formula is C24H25ClN2O2. The zero-order valence-electron chi connectivity index (χ0n) is 17.1. The summed E-state index contributed by atoms with van der Waals surface area (Å²) in [7, 11) is 1.65. The topological polar surface area (TPSA) is 44.1 Å². The largest absolute Gasteiger partial charge is 0.497 e. The summed E-state index contributed by atoms with van der Waals surface area (Å²) in [5.74, 6) is 0.889. The van der Waals surface area contributed by atoms with Crippen molar-refractivity contribution in [2.24, 2.45) is 5.41 Å². The molecule has 0 aliphatic heterocycles. The van der Waals surface area contributed by atoms with Crippen molar-refractivity contribution in [2.75, 3.05) is 7.11 Å². The van der Waals surface area contributed by atoms with Crippen LogP contribution in [-0.4, -0.2) is 22.7 Å². The van der Waals surface area contributed by atoms with E-state index in [1.165, 1.54) is 0 Å². The monoisotopic (exact) mass is 408 g/mol. The molecule has 0 aliphatic rings. The molecular weight excluding hydrogens is 384 g/mol. The van der Waals surface area contributed by atoms with Crippen molar-refractivity contribution < 1.29 is 9.53 Å². The van der Waals surface area contributed by atoms with Gasteiger partial charge in [0, 0.05) is 16.0 Å². The summed E-state index contributed by atoms with van der Waals surface area (Å²) < 4.78 is 7.30. The van der Waals surface area contributed by atoms with Crippen LogP contribution in [0.25, 0.3) is 17.3 Å². The quantitative estimate of drug-likeness (QED) is 0.489. The molecule has 1 heterocycles. The van der Waals surface area contributed by atoms with Crippen molar-refractivity contribution in [2.45, 2.75) is 27.3 Å². The first kappa shape index (κ1) is 20.9. The Balaban J connectivity index is 2.04. The van der Waals surface area contributed by atoms with E-state index in [1.54, 1.807) is 14.0 Å². The lowest BCUT2D eigenvalue weighted by Gasteiger charge is -2.14. The van der Waals surface area contributed by atoms with Gasteiger partial charge in [-0.3, -0.25) is 9.48 Å². The molecule has 4 nitrogen and oxygen atoms in total. The van der Waals surface area contributed by atoms with Crippen molar-refractivity contribution in [1.29, 1.82) is 0 Å². The maximum atomic E-state index is 11.8. The maximum absolute atomic E-state index is 11.8. The normalized spacial score (nSPS) is 11.8. The van der Waals surface area contributed by atoms with E-state index < -0.39 is 5.41 Å². The van der Waals surface area contributed by atoms with Gasteiger partial charge < -0.3 is 4.74 Å². The highest BCUT2D eigenvalue weighted by Crippen LogP contribution is 2.28. The zero-order chi connectivity index (χ0) is 21.0. The van der Waals surface area contributed by atoms with Gasteiger partial charge in [0.25, 0.3) is 0 Å². The molecule has 0 unspecified atom stereocenters. The Morgan fingerprint density at radius 2 is 1.93 bits per heavy atom. The molecule has 3 rings (SSSR count). The number of ketones is 1. The van der Waals surface area contributed by atoms with E-state index in [2.05, 4.69) is 0 Å². The van der Waals surface area contributed by atoms with E-state index in [1.807, 2.05) is 85.3 Å². The molecule has 150 valence electrons. The van der Waals surface area contributed by atoms with Gasteiger partial charge in [-0.15, -0.1) is 0 Å². The lowest BCUT2D eigenvalue weighted by Crippen LogP contribution is -2.17. The number of hydrogen-bond acceptors (Lipinski definition) is 3. The van der Waals surface area contributed by atoms with Crippen molar-refractivity contribution in [3.05, 3.63) is 77.0 Å². The second-order valence-corrected chi connectivity index (χ2v) is 7.95. The minimum absolute atomic E-state index is 0.109. The Hall–Kier alpha value is -2.85. The first-order chi connectivity index (χ1) is 13.8. The molecule has 0 saturated heterocycles. The number of ether oxygens (including phenoxy) is 1. The van der Waals surface area contributed by atoms with Gasteiger partial charge in [-0.25, -0.2) is 0 Å². The molecule has 5 heteroatoms. The SMILES string of the molecule is COc1cccc(-c2cc(/C=C/C(C)(C)C(C)=O)nn2Cc2ccccc2Cl)c1. The lowest BCUT2D eigenvalue weighted by molar-refractivity contribution is -0.122. The molecule has 2 aromatic carbocycles. The van der Waals surface area contributed by atoms with Gasteiger partial charge in [0.1, 0.15) is 11.5 Å². The predicted molar refractivity (Wildman–Crippen MR) is 118 cm³/mol. The summed E-state index contributed by atoms with van der Waals surface area (Å²) >= 11 is 6.37. The highest BCUT2D eigenvalue weighted by molar-refractivity contribution is 6.31. The van der Waals surface area contributed by atoms with Gasteiger partial charge in [-0.1, -0.05) is 48.0 Å². The molecule has 1 aromatic heterocycles. The van der Waals surface area contributed by atoms with Crippen LogP contribution in [-0.2, 0) is 11.3 Å². The van der Waals surface area contributed by atoms with Crippen LogP contribution < -0.4 is 4.74 Å². The van der Waals surface area contributed by atoms with Gasteiger partial charge >= 0.3 is 0 Å². The summed E-state index contributed by atoms with van der Waals surface area (Å²) in [6, 6.07) is 17.6. The third kappa shape index (κ3) is 4.96. The fourth-order valence-electron chi connectivity index (χ4n) is 2.85. The molecule has 0 radical (unpaired) electrons. The summed E-state index contributed by atoms with van der Waals surface area (Å²) in [5.41, 5.74) is 3.17. The summed E-state index contributed by atoms with van der Waals surface area (Å²) in [5, 5.41) is 5.46. The Morgan fingerprint density at radius 3 is 2.62 bits per heavy atom. The van der Waals surface area contributed by atoms with Crippen LogP contribution in [0.1, 0.15) is 32.0 Å².